The molecule has 0 saturated carbocycles. The summed E-state index contributed by atoms with van der Waals surface area (Å²) in [7, 11) is 1.58. The fraction of sp³-hybridized carbons (Fsp3) is 0.217. The van der Waals surface area contributed by atoms with Gasteiger partial charge in [-0.25, -0.2) is 13.8 Å². The van der Waals surface area contributed by atoms with Crippen molar-refractivity contribution in [2.24, 2.45) is 5.92 Å². The molecule has 2 atom stereocenters. The Morgan fingerprint density at radius 2 is 2.03 bits per heavy atom. The number of benzene rings is 1. The molecule has 1 aliphatic rings. The van der Waals surface area contributed by atoms with Gasteiger partial charge in [-0.3, -0.25) is 19.2 Å². The van der Waals surface area contributed by atoms with Gasteiger partial charge in [0.25, 0.3) is 11.8 Å². The minimum atomic E-state index is -0.958. The van der Waals surface area contributed by atoms with Gasteiger partial charge in [0.1, 0.15) is 17.7 Å². The minimum Gasteiger partial charge on any atom is -0.338 e. The van der Waals surface area contributed by atoms with E-state index >= 15 is 0 Å². The van der Waals surface area contributed by atoms with Crippen molar-refractivity contribution in [3.05, 3.63) is 89.9 Å². The second-order valence-electron chi connectivity index (χ2n) is 7.59. The number of carbonyl (C=O) groups is 2. The van der Waals surface area contributed by atoms with E-state index in [1.165, 1.54) is 21.7 Å². The maximum Gasteiger partial charge on any atom is 0.275 e. The van der Waals surface area contributed by atoms with Crippen molar-refractivity contribution in [3.63, 3.8) is 0 Å². The highest BCUT2D eigenvalue weighted by Crippen LogP contribution is 2.27. The lowest BCUT2D eigenvalue weighted by molar-refractivity contribution is -0.120. The Balaban J connectivity index is 1.55. The molecule has 0 unspecified atom stereocenters. The number of likely N-dealkylation sites (N-methyl/N-ethyl adjacent to an activating group) is 1. The first-order chi connectivity index (χ1) is 15.4. The van der Waals surface area contributed by atoms with Crippen LogP contribution in [0.15, 0.2) is 61.4 Å². The smallest absolute Gasteiger partial charge is 0.275 e. The number of rotatable bonds is 5. The molecule has 164 valence electrons. The van der Waals surface area contributed by atoms with Gasteiger partial charge >= 0.3 is 0 Å². The lowest BCUT2D eigenvalue weighted by Crippen LogP contribution is -2.50. The summed E-state index contributed by atoms with van der Waals surface area (Å²) in [6.07, 6.45) is 4.72. The maximum absolute atomic E-state index is 14.5. The molecule has 4 rings (SSSR count). The summed E-state index contributed by atoms with van der Waals surface area (Å²) in [6.45, 7) is 3.96. The number of hydrogen-bond acceptors (Lipinski definition) is 4. The van der Waals surface area contributed by atoms with Crippen molar-refractivity contribution < 1.29 is 18.4 Å². The monoisotopic (exact) mass is 437 g/mol. The van der Waals surface area contributed by atoms with Crippen LogP contribution in [-0.2, 0) is 17.8 Å². The predicted octanol–water partition coefficient (Wildman–Crippen LogP) is 2.72. The molecule has 0 radical (unpaired) electrons. The molecule has 0 bridgehead atoms. The Hall–Kier alpha value is -3.88. The molecule has 1 aromatic carbocycles. The minimum absolute atomic E-state index is 0.159. The summed E-state index contributed by atoms with van der Waals surface area (Å²) in [4.78, 5) is 31.6. The van der Waals surface area contributed by atoms with Gasteiger partial charge < -0.3 is 5.32 Å². The van der Waals surface area contributed by atoms with Crippen LogP contribution in [-0.4, -0.2) is 39.7 Å². The Bertz CT molecular complexity index is 1180. The van der Waals surface area contributed by atoms with Crippen LogP contribution < -0.4 is 10.2 Å². The van der Waals surface area contributed by atoms with E-state index in [1.54, 1.807) is 37.5 Å². The molecule has 0 aliphatic carbocycles. The molecule has 1 N–H and O–H groups in total. The van der Waals surface area contributed by atoms with E-state index in [0.717, 1.165) is 11.8 Å². The summed E-state index contributed by atoms with van der Waals surface area (Å²) in [5.74, 6) is -2.30. The third-order valence-corrected chi connectivity index (χ3v) is 5.44. The molecule has 0 fully saturated rings. The van der Waals surface area contributed by atoms with Gasteiger partial charge in [-0.2, -0.15) is 5.10 Å². The maximum atomic E-state index is 14.5. The number of pyridine rings is 1. The zero-order chi connectivity index (χ0) is 22.8. The molecule has 0 saturated heterocycles. The molecule has 2 aromatic heterocycles. The summed E-state index contributed by atoms with van der Waals surface area (Å²) in [5.41, 5.74) is 1.11. The van der Waals surface area contributed by atoms with Crippen LogP contribution in [0.5, 0.6) is 0 Å². The SMILES string of the molecule is C=C[C@@H]1Cc2cccnc2N(C)C(=O)[C@@H]1NC(=O)c1nn(Cc2ccc(F)cc2)cc1F. The quantitative estimate of drug-likeness (QED) is 0.623. The van der Waals surface area contributed by atoms with E-state index < -0.39 is 29.4 Å². The third kappa shape index (κ3) is 4.14. The van der Waals surface area contributed by atoms with Crippen LogP contribution in [0.4, 0.5) is 14.6 Å². The fourth-order valence-corrected chi connectivity index (χ4v) is 3.77. The van der Waals surface area contributed by atoms with Gasteiger partial charge in [-0.1, -0.05) is 24.3 Å². The highest BCUT2D eigenvalue weighted by atomic mass is 19.1. The molecule has 2 amide bonds. The molecular formula is C23H21F2N5O2. The molecule has 1 aliphatic heterocycles. The number of nitrogens with one attached hydrogen (secondary N) is 1. The van der Waals surface area contributed by atoms with Gasteiger partial charge in [0.05, 0.1) is 12.7 Å². The molecule has 9 heteroatoms. The van der Waals surface area contributed by atoms with Gasteiger partial charge in [0.15, 0.2) is 11.5 Å². The van der Waals surface area contributed by atoms with Crippen molar-refractivity contribution in [2.75, 3.05) is 11.9 Å². The first kappa shape index (κ1) is 21.4. The number of aromatic nitrogens is 3. The Labute approximate surface area is 183 Å². The van der Waals surface area contributed by atoms with Crippen LogP contribution in [0, 0.1) is 17.6 Å². The van der Waals surface area contributed by atoms with Crippen molar-refractivity contribution in [3.8, 4) is 0 Å². The average Bonchev–Trinajstić information content (AvgIpc) is 3.12. The summed E-state index contributed by atoms with van der Waals surface area (Å²) >= 11 is 0. The Morgan fingerprint density at radius 1 is 1.28 bits per heavy atom. The van der Waals surface area contributed by atoms with Crippen LogP contribution >= 0.6 is 0 Å². The zero-order valence-electron chi connectivity index (χ0n) is 17.3. The molecule has 3 aromatic rings. The van der Waals surface area contributed by atoms with Gasteiger partial charge in [0, 0.05) is 19.2 Å². The van der Waals surface area contributed by atoms with Gasteiger partial charge in [-0.15, -0.1) is 6.58 Å². The molecule has 7 nitrogen and oxygen atoms in total. The third-order valence-electron chi connectivity index (χ3n) is 5.44. The summed E-state index contributed by atoms with van der Waals surface area (Å²) < 4.78 is 28.8. The summed E-state index contributed by atoms with van der Waals surface area (Å²) in [5, 5.41) is 6.65. The molecule has 32 heavy (non-hydrogen) atoms. The van der Waals surface area contributed by atoms with Gasteiger partial charge in [0.2, 0.25) is 0 Å². The van der Waals surface area contributed by atoms with Crippen molar-refractivity contribution in [2.45, 2.75) is 19.0 Å². The van der Waals surface area contributed by atoms with E-state index in [9.17, 15) is 18.4 Å². The second-order valence-corrected chi connectivity index (χ2v) is 7.59. The lowest BCUT2D eigenvalue weighted by atomic mass is 9.93. The standard InChI is InChI=1S/C23H21F2N5O2/c1-3-15-11-16-5-4-10-26-21(16)29(2)23(32)19(15)27-22(31)20-18(25)13-30(28-20)12-14-6-8-17(24)9-7-14/h3-10,13,15,19H,1,11-12H2,2H3,(H,27,31)/t15-,19-/m1/s1. The van der Waals surface area contributed by atoms with E-state index in [2.05, 4.69) is 22.0 Å². The number of carbonyl (C=O) groups excluding carboxylic acids is 2. The zero-order valence-corrected chi connectivity index (χ0v) is 17.3. The fourth-order valence-electron chi connectivity index (χ4n) is 3.77. The lowest BCUT2D eigenvalue weighted by Gasteiger charge is -2.24. The summed E-state index contributed by atoms with van der Waals surface area (Å²) in [6, 6.07) is 8.37. The first-order valence-electron chi connectivity index (χ1n) is 9.99. The Morgan fingerprint density at radius 3 is 2.75 bits per heavy atom. The van der Waals surface area contributed by atoms with E-state index in [0.29, 0.717) is 17.8 Å². The van der Waals surface area contributed by atoms with Crippen molar-refractivity contribution >= 4 is 17.6 Å². The van der Waals surface area contributed by atoms with Crippen LogP contribution in [0.3, 0.4) is 0 Å². The number of halogens is 2. The van der Waals surface area contributed by atoms with E-state index in [-0.39, 0.29) is 18.3 Å². The molecule has 3 heterocycles. The second kappa shape index (κ2) is 8.70. The first-order valence-corrected chi connectivity index (χ1v) is 9.99. The topological polar surface area (TPSA) is 80.1 Å². The predicted molar refractivity (Wildman–Crippen MR) is 114 cm³/mol. The number of amides is 2. The van der Waals surface area contributed by atoms with Crippen molar-refractivity contribution in [1.82, 2.24) is 20.1 Å². The number of hydrogen-bond donors (Lipinski definition) is 1. The molecular weight excluding hydrogens is 416 g/mol. The number of fused-ring (bicyclic) bond motifs is 1. The van der Waals surface area contributed by atoms with Crippen LogP contribution in [0.1, 0.15) is 21.6 Å². The normalized spacial score (nSPS) is 18.1. The highest BCUT2D eigenvalue weighted by molar-refractivity contribution is 6.02. The van der Waals surface area contributed by atoms with E-state index in [1.807, 2.05) is 6.07 Å². The number of anilines is 1. The van der Waals surface area contributed by atoms with Crippen LogP contribution in [0.2, 0.25) is 0 Å². The highest BCUT2D eigenvalue weighted by Gasteiger charge is 2.36. The van der Waals surface area contributed by atoms with Crippen LogP contribution in [0.25, 0.3) is 0 Å². The largest absolute Gasteiger partial charge is 0.338 e. The Kier molecular flexibility index (Phi) is 5.81. The number of nitrogens with zero attached hydrogens (tertiary/aromatic N) is 4. The molecule has 0 spiro atoms. The van der Waals surface area contributed by atoms with Crippen molar-refractivity contribution in [1.29, 1.82) is 0 Å². The van der Waals surface area contributed by atoms with E-state index in [4.69, 9.17) is 0 Å². The van der Waals surface area contributed by atoms with Gasteiger partial charge in [-0.05, 0) is 35.7 Å². The average molecular weight is 437 g/mol.